The molecule has 8 N–H and O–H groups in total. The molecule has 0 radical (unpaired) electrons. The second-order valence-corrected chi connectivity index (χ2v) is 4.28. The Morgan fingerprint density at radius 3 is 2.14 bits per heavy atom. The van der Waals surface area contributed by atoms with Crippen molar-refractivity contribution in [2.24, 2.45) is 0 Å². The maximum Gasteiger partial charge on any atom is 0.141 e. The van der Waals surface area contributed by atoms with Crippen molar-refractivity contribution < 1.29 is 9.84 Å². The van der Waals surface area contributed by atoms with Crippen LogP contribution in [0.25, 0.3) is 0 Å². The Labute approximate surface area is 124 Å². The van der Waals surface area contributed by atoms with Gasteiger partial charge in [0.05, 0.1) is 19.4 Å². The van der Waals surface area contributed by atoms with E-state index in [-0.39, 0.29) is 6.61 Å². The number of nitrogens with two attached hydrogens (primary N) is 3. The number of ether oxygens (including phenoxy) is 1. The third kappa shape index (κ3) is 5.92. The van der Waals surface area contributed by atoms with Crippen molar-refractivity contribution in [1.29, 1.82) is 0 Å². The van der Waals surface area contributed by atoms with E-state index in [9.17, 15) is 0 Å². The first-order valence-corrected chi connectivity index (χ1v) is 6.46. The van der Waals surface area contributed by atoms with Gasteiger partial charge in [-0.15, -0.1) is 0 Å². The Hall–Kier alpha value is -2.60. The van der Waals surface area contributed by atoms with Crippen LogP contribution in [0.5, 0.6) is 5.75 Å². The van der Waals surface area contributed by atoms with Crippen LogP contribution in [0.15, 0.2) is 42.5 Å². The summed E-state index contributed by atoms with van der Waals surface area (Å²) < 4.78 is 5.00. The minimum absolute atomic E-state index is 0.103. The molecule has 0 bridgehead atoms. The Kier molecular flexibility index (Phi) is 6.70. The standard InChI is InChI=1S/C9H14N2O2.C6H8N2/c1-13-9-3-2-7(6-8(9)10)11-4-5-12;7-5-2-1-3-6(8)4-5/h2-3,6,11-12H,4-5,10H2,1H3;1-4H,7-8H2. The van der Waals surface area contributed by atoms with Gasteiger partial charge in [0.2, 0.25) is 0 Å². The van der Waals surface area contributed by atoms with Gasteiger partial charge in [-0.25, -0.2) is 0 Å². The van der Waals surface area contributed by atoms with Gasteiger partial charge in [0.15, 0.2) is 0 Å². The van der Waals surface area contributed by atoms with E-state index in [0.29, 0.717) is 29.4 Å². The highest BCUT2D eigenvalue weighted by Crippen LogP contribution is 2.24. The van der Waals surface area contributed by atoms with Crippen molar-refractivity contribution in [3.63, 3.8) is 0 Å². The van der Waals surface area contributed by atoms with Gasteiger partial charge >= 0.3 is 0 Å². The average molecular weight is 290 g/mol. The minimum atomic E-state index is 0.103. The summed E-state index contributed by atoms with van der Waals surface area (Å²) in [4.78, 5) is 0. The van der Waals surface area contributed by atoms with E-state index in [2.05, 4.69) is 5.32 Å². The number of aliphatic hydroxyl groups excluding tert-OH is 1. The van der Waals surface area contributed by atoms with E-state index in [1.807, 2.05) is 12.1 Å². The van der Waals surface area contributed by atoms with Crippen LogP contribution >= 0.6 is 0 Å². The summed E-state index contributed by atoms with van der Waals surface area (Å²) in [5, 5.41) is 11.6. The van der Waals surface area contributed by atoms with Crippen LogP contribution in [0.2, 0.25) is 0 Å². The molecule has 2 rings (SSSR count). The molecule has 0 aromatic heterocycles. The van der Waals surface area contributed by atoms with Crippen LogP contribution < -0.4 is 27.3 Å². The lowest BCUT2D eigenvalue weighted by Gasteiger charge is -2.08. The molecule has 0 spiro atoms. The highest BCUT2D eigenvalue weighted by atomic mass is 16.5. The predicted octanol–water partition coefficient (Wildman–Crippen LogP) is 1.53. The van der Waals surface area contributed by atoms with Crippen molar-refractivity contribution >= 4 is 22.7 Å². The zero-order valence-electron chi connectivity index (χ0n) is 12.0. The van der Waals surface area contributed by atoms with Crippen LogP contribution in [0.3, 0.4) is 0 Å². The fourth-order valence-corrected chi connectivity index (χ4v) is 1.60. The number of nitrogen functional groups attached to an aromatic ring is 3. The number of anilines is 4. The molecule has 2 aromatic carbocycles. The van der Waals surface area contributed by atoms with Crippen LogP contribution in [0.1, 0.15) is 0 Å². The molecule has 0 aliphatic rings. The van der Waals surface area contributed by atoms with Gasteiger partial charge < -0.3 is 32.4 Å². The van der Waals surface area contributed by atoms with Crippen molar-refractivity contribution in [2.75, 3.05) is 42.8 Å². The molecule has 6 nitrogen and oxygen atoms in total. The molecule has 0 saturated heterocycles. The lowest BCUT2D eigenvalue weighted by Crippen LogP contribution is -2.05. The van der Waals surface area contributed by atoms with E-state index in [0.717, 1.165) is 5.69 Å². The molecule has 21 heavy (non-hydrogen) atoms. The zero-order valence-corrected chi connectivity index (χ0v) is 12.0. The van der Waals surface area contributed by atoms with Gasteiger partial charge in [0.1, 0.15) is 5.75 Å². The van der Waals surface area contributed by atoms with E-state index in [1.165, 1.54) is 0 Å². The van der Waals surface area contributed by atoms with Crippen molar-refractivity contribution in [1.82, 2.24) is 0 Å². The number of aliphatic hydroxyl groups is 1. The van der Waals surface area contributed by atoms with Crippen LogP contribution in [0.4, 0.5) is 22.7 Å². The number of benzene rings is 2. The summed E-state index contributed by atoms with van der Waals surface area (Å²) >= 11 is 0. The Balaban J connectivity index is 0.000000235. The first kappa shape index (κ1) is 16.5. The number of hydrogen-bond acceptors (Lipinski definition) is 6. The van der Waals surface area contributed by atoms with Gasteiger partial charge in [-0.1, -0.05) is 6.07 Å². The fourth-order valence-electron chi connectivity index (χ4n) is 1.60. The Morgan fingerprint density at radius 2 is 1.71 bits per heavy atom. The molecule has 0 heterocycles. The van der Waals surface area contributed by atoms with Crippen molar-refractivity contribution in [3.8, 4) is 5.75 Å². The number of nitrogens with one attached hydrogen (secondary N) is 1. The summed E-state index contributed by atoms with van der Waals surface area (Å²) in [5.74, 6) is 0.662. The molecule has 114 valence electrons. The van der Waals surface area contributed by atoms with Crippen LogP contribution in [-0.2, 0) is 0 Å². The summed E-state index contributed by atoms with van der Waals surface area (Å²) in [6, 6.07) is 12.6. The maximum atomic E-state index is 8.58. The zero-order chi connectivity index (χ0) is 15.7. The number of hydrogen-bond donors (Lipinski definition) is 5. The molecule has 0 unspecified atom stereocenters. The topological polar surface area (TPSA) is 120 Å². The van der Waals surface area contributed by atoms with Crippen LogP contribution in [-0.4, -0.2) is 25.4 Å². The van der Waals surface area contributed by atoms with E-state index < -0.39 is 0 Å². The maximum absolute atomic E-state index is 8.58. The number of methoxy groups -OCH3 is 1. The molecule has 0 aliphatic carbocycles. The monoisotopic (exact) mass is 290 g/mol. The largest absolute Gasteiger partial charge is 0.495 e. The normalized spacial score (nSPS) is 9.43. The van der Waals surface area contributed by atoms with Crippen LogP contribution in [0, 0.1) is 0 Å². The molecule has 6 heteroatoms. The third-order valence-electron chi connectivity index (χ3n) is 2.58. The molecule has 2 aromatic rings. The second kappa shape index (κ2) is 8.55. The third-order valence-corrected chi connectivity index (χ3v) is 2.58. The number of rotatable bonds is 4. The SMILES string of the molecule is COc1ccc(NCCO)cc1N.Nc1cccc(N)c1. The quantitative estimate of drug-likeness (QED) is 0.545. The summed E-state index contributed by atoms with van der Waals surface area (Å²) in [7, 11) is 1.58. The first-order valence-electron chi connectivity index (χ1n) is 6.46. The molecule has 0 saturated carbocycles. The smallest absolute Gasteiger partial charge is 0.141 e. The summed E-state index contributed by atoms with van der Waals surface area (Å²) in [5.41, 5.74) is 19.3. The molecular weight excluding hydrogens is 268 g/mol. The summed E-state index contributed by atoms with van der Waals surface area (Å²) in [6.45, 7) is 0.623. The minimum Gasteiger partial charge on any atom is -0.495 e. The van der Waals surface area contributed by atoms with E-state index >= 15 is 0 Å². The van der Waals surface area contributed by atoms with Gasteiger partial charge in [-0.3, -0.25) is 0 Å². The lowest BCUT2D eigenvalue weighted by atomic mass is 10.2. The first-order chi connectivity index (χ1) is 10.1. The summed E-state index contributed by atoms with van der Waals surface area (Å²) in [6.07, 6.45) is 0. The Bertz CT molecular complexity index is 544. The average Bonchev–Trinajstić information content (AvgIpc) is 2.45. The molecular formula is C15H22N4O2. The lowest BCUT2D eigenvalue weighted by molar-refractivity contribution is 0.311. The van der Waals surface area contributed by atoms with E-state index in [4.69, 9.17) is 27.0 Å². The molecule has 0 fully saturated rings. The second-order valence-electron chi connectivity index (χ2n) is 4.28. The molecule has 0 atom stereocenters. The molecule has 0 amide bonds. The van der Waals surface area contributed by atoms with Gasteiger partial charge in [0.25, 0.3) is 0 Å². The Morgan fingerprint density at radius 1 is 1.05 bits per heavy atom. The highest BCUT2D eigenvalue weighted by Gasteiger charge is 1.99. The van der Waals surface area contributed by atoms with E-state index in [1.54, 1.807) is 37.4 Å². The van der Waals surface area contributed by atoms with Gasteiger partial charge in [-0.2, -0.15) is 0 Å². The van der Waals surface area contributed by atoms with Crippen molar-refractivity contribution in [3.05, 3.63) is 42.5 Å². The highest BCUT2D eigenvalue weighted by molar-refractivity contribution is 5.62. The van der Waals surface area contributed by atoms with Crippen molar-refractivity contribution in [2.45, 2.75) is 0 Å². The van der Waals surface area contributed by atoms with Gasteiger partial charge in [-0.05, 0) is 36.4 Å². The molecule has 0 aliphatic heterocycles. The fraction of sp³-hybridized carbons (Fsp3) is 0.200. The van der Waals surface area contributed by atoms with Gasteiger partial charge in [0, 0.05) is 23.6 Å². The predicted molar refractivity (Wildman–Crippen MR) is 88.2 cm³/mol.